The van der Waals surface area contributed by atoms with Gasteiger partial charge in [-0.3, -0.25) is 9.69 Å². The standard InChI is InChI=1S/C13H18F2N2O/c1-9(13(18)16(2)3)17(4)8-10-5-6-11(14)7-12(10)15/h5-7,9H,8H2,1-4H3. The molecule has 1 rings (SSSR count). The van der Waals surface area contributed by atoms with Crippen molar-refractivity contribution in [1.82, 2.24) is 9.80 Å². The zero-order valence-corrected chi connectivity index (χ0v) is 11.1. The van der Waals surface area contributed by atoms with Crippen LogP contribution in [0.15, 0.2) is 18.2 Å². The van der Waals surface area contributed by atoms with E-state index < -0.39 is 11.6 Å². The van der Waals surface area contributed by atoms with Gasteiger partial charge in [0, 0.05) is 32.3 Å². The third-order valence-corrected chi connectivity index (χ3v) is 2.89. The minimum absolute atomic E-state index is 0.0555. The smallest absolute Gasteiger partial charge is 0.239 e. The molecule has 0 heterocycles. The molecule has 0 N–H and O–H groups in total. The zero-order chi connectivity index (χ0) is 13.9. The van der Waals surface area contributed by atoms with E-state index in [0.717, 1.165) is 6.07 Å². The highest BCUT2D eigenvalue weighted by molar-refractivity contribution is 5.80. The van der Waals surface area contributed by atoms with E-state index in [0.29, 0.717) is 5.56 Å². The Hall–Kier alpha value is -1.49. The van der Waals surface area contributed by atoms with Gasteiger partial charge < -0.3 is 4.90 Å². The lowest BCUT2D eigenvalue weighted by atomic mass is 10.1. The second-order valence-corrected chi connectivity index (χ2v) is 4.56. The summed E-state index contributed by atoms with van der Waals surface area (Å²) in [5, 5.41) is 0. The van der Waals surface area contributed by atoms with Crippen LogP contribution in [0.2, 0.25) is 0 Å². The molecule has 1 atom stereocenters. The van der Waals surface area contributed by atoms with Gasteiger partial charge in [-0.25, -0.2) is 8.78 Å². The Morgan fingerprint density at radius 2 is 1.89 bits per heavy atom. The second-order valence-electron chi connectivity index (χ2n) is 4.56. The summed E-state index contributed by atoms with van der Waals surface area (Å²) in [4.78, 5) is 15.0. The van der Waals surface area contributed by atoms with E-state index in [9.17, 15) is 13.6 Å². The van der Waals surface area contributed by atoms with Gasteiger partial charge in [-0.05, 0) is 20.0 Å². The van der Waals surface area contributed by atoms with Gasteiger partial charge in [0.1, 0.15) is 11.6 Å². The minimum atomic E-state index is -0.601. The molecule has 0 saturated heterocycles. The molecule has 0 aromatic heterocycles. The molecule has 0 fully saturated rings. The zero-order valence-electron chi connectivity index (χ0n) is 11.1. The number of rotatable bonds is 4. The molecule has 0 bridgehead atoms. The van der Waals surface area contributed by atoms with E-state index in [1.54, 1.807) is 33.0 Å². The van der Waals surface area contributed by atoms with E-state index in [-0.39, 0.29) is 18.5 Å². The Morgan fingerprint density at radius 3 is 2.39 bits per heavy atom. The fraction of sp³-hybridized carbons (Fsp3) is 0.462. The number of hydrogen-bond acceptors (Lipinski definition) is 2. The third-order valence-electron chi connectivity index (χ3n) is 2.89. The van der Waals surface area contributed by atoms with Crippen LogP contribution in [0.3, 0.4) is 0 Å². The first-order chi connectivity index (χ1) is 8.32. The lowest BCUT2D eigenvalue weighted by Crippen LogP contribution is -2.42. The predicted molar refractivity (Wildman–Crippen MR) is 66.0 cm³/mol. The summed E-state index contributed by atoms with van der Waals surface area (Å²) in [7, 11) is 5.07. The van der Waals surface area contributed by atoms with Gasteiger partial charge in [-0.2, -0.15) is 0 Å². The maximum Gasteiger partial charge on any atom is 0.239 e. The van der Waals surface area contributed by atoms with E-state index in [4.69, 9.17) is 0 Å². The van der Waals surface area contributed by atoms with Crippen molar-refractivity contribution in [2.24, 2.45) is 0 Å². The summed E-state index contributed by atoms with van der Waals surface area (Å²) < 4.78 is 26.2. The lowest BCUT2D eigenvalue weighted by molar-refractivity contribution is -0.133. The highest BCUT2D eigenvalue weighted by atomic mass is 19.1. The van der Waals surface area contributed by atoms with Crippen molar-refractivity contribution in [1.29, 1.82) is 0 Å². The van der Waals surface area contributed by atoms with Crippen molar-refractivity contribution in [2.75, 3.05) is 21.1 Å². The maximum absolute atomic E-state index is 13.5. The number of amides is 1. The molecule has 100 valence electrons. The first kappa shape index (κ1) is 14.6. The number of carbonyl (C=O) groups is 1. The second kappa shape index (κ2) is 5.91. The first-order valence-electron chi connectivity index (χ1n) is 5.68. The van der Waals surface area contributed by atoms with Crippen molar-refractivity contribution < 1.29 is 13.6 Å². The van der Waals surface area contributed by atoms with Crippen LogP contribution in [0.5, 0.6) is 0 Å². The van der Waals surface area contributed by atoms with Gasteiger partial charge in [0.05, 0.1) is 6.04 Å². The fourth-order valence-electron chi connectivity index (χ4n) is 1.62. The van der Waals surface area contributed by atoms with Gasteiger partial charge >= 0.3 is 0 Å². The summed E-state index contributed by atoms with van der Waals surface area (Å²) in [6, 6.07) is 3.10. The van der Waals surface area contributed by atoms with Crippen LogP contribution < -0.4 is 0 Å². The van der Waals surface area contributed by atoms with Crippen LogP contribution in [-0.4, -0.2) is 42.9 Å². The van der Waals surface area contributed by atoms with Crippen LogP contribution in [0.1, 0.15) is 12.5 Å². The van der Waals surface area contributed by atoms with Crippen molar-refractivity contribution >= 4 is 5.91 Å². The summed E-state index contributed by atoms with van der Waals surface area (Å²) >= 11 is 0. The van der Waals surface area contributed by atoms with Crippen LogP contribution in [0.4, 0.5) is 8.78 Å². The number of nitrogens with zero attached hydrogens (tertiary/aromatic N) is 2. The van der Waals surface area contributed by atoms with Crippen molar-refractivity contribution in [3.05, 3.63) is 35.4 Å². The van der Waals surface area contributed by atoms with Crippen LogP contribution >= 0.6 is 0 Å². The van der Waals surface area contributed by atoms with Gasteiger partial charge in [-0.1, -0.05) is 6.07 Å². The van der Waals surface area contributed by atoms with Crippen molar-refractivity contribution in [2.45, 2.75) is 19.5 Å². The van der Waals surface area contributed by atoms with Crippen LogP contribution in [-0.2, 0) is 11.3 Å². The van der Waals surface area contributed by atoms with Crippen molar-refractivity contribution in [3.8, 4) is 0 Å². The van der Waals surface area contributed by atoms with E-state index in [2.05, 4.69) is 0 Å². The molecule has 0 aliphatic heterocycles. The SMILES string of the molecule is CC(C(=O)N(C)C)N(C)Cc1ccc(F)cc1F. The number of benzene rings is 1. The summed E-state index contributed by atoms with van der Waals surface area (Å²) in [6.07, 6.45) is 0. The molecule has 1 aromatic rings. The molecule has 0 radical (unpaired) electrons. The minimum Gasteiger partial charge on any atom is -0.347 e. The molecule has 0 aliphatic rings. The topological polar surface area (TPSA) is 23.6 Å². The number of halogens is 2. The summed E-state index contributed by atoms with van der Waals surface area (Å²) in [6.45, 7) is 2.01. The van der Waals surface area contributed by atoms with Crippen molar-refractivity contribution in [3.63, 3.8) is 0 Å². The molecule has 18 heavy (non-hydrogen) atoms. The van der Waals surface area contributed by atoms with Crippen LogP contribution in [0, 0.1) is 11.6 Å². The molecule has 1 aromatic carbocycles. The normalized spacial score (nSPS) is 12.6. The molecular formula is C13H18F2N2O. The molecule has 0 spiro atoms. The largest absolute Gasteiger partial charge is 0.347 e. The van der Waals surface area contributed by atoms with Gasteiger partial charge in [-0.15, -0.1) is 0 Å². The highest BCUT2D eigenvalue weighted by Crippen LogP contribution is 2.13. The number of hydrogen-bond donors (Lipinski definition) is 0. The third kappa shape index (κ3) is 3.50. The Bertz CT molecular complexity index is 435. The highest BCUT2D eigenvalue weighted by Gasteiger charge is 2.20. The quantitative estimate of drug-likeness (QED) is 0.821. The van der Waals surface area contributed by atoms with Gasteiger partial charge in [0.2, 0.25) is 5.91 Å². The van der Waals surface area contributed by atoms with Gasteiger partial charge in [0.25, 0.3) is 0 Å². The van der Waals surface area contributed by atoms with E-state index >= 15 is 0 Å². The molecule has 3 nitrogen and oxygen atoms in total. The monoisotopic (exact) mass is 256 g/mol. The molecule has 0 aliphatic carbocycles. The number of carbonyl (C=O) groups excluding carboxylic acids is 1. The predicted octanol–water partition coefficient (Wildman–Crippen LogP) is 1.87. The first-order valence-corrected chi connectivity index (χ1v) is 5.68. The summed E-state index contributed by atoms with van der Waals surface area (Å²) in [5.41, 5.74) is 0.373. The fourth-order valence-corrected chi connectivity index (χ4v) is 1.62. The molecule has 1 amide bonds. The van der Waals surface area contributed by atoms with Crippen LogP contribution in [0.25, 0.3) is 0 Å². The molecule has 0 saturated carbocycles. The Kier molecular flexibility index (Phi) is 4.78. The average molecular weight is 256 g/mol. The number of likely N-dealkylation sites (N-methyl/N-ethyl adjacent to an activating group) is 2. The molecule has 1 unspecified atom stereocenters. The maximum atomic E-state index is 13.5. The summed E-state index contributed by atoms with van der Waals surface area (Å²) in [5.74, 6) is -1.25. The Morgan fingerprint density at radius 1 is 1.28 bits per heavy atom. The lowest BCUT2D eigenvalue weighted by Gasteiger charge is -2.26. The Balaban J connectivity index is 2.75. The molecule has 5 heteroatoms. The van der Waals surface area contributed by atoms with E-state index in [1.807, 2.05) is 0 Å². The average Bonchev–Trinajstić information content (AvgIpc) is 2.30. The van der Waals surface area contributed by atoms with E-state index in [1.165, 1.54) is 17.0 Å². The Labute approximate surface area is 106 Å². The molecular weight excluding hydrogens is 238 g/mol. The van der Waals surface area contributed by atoms with Gasteiger partial charge in [0.15, 0.2) is 0 Å².